The predicted octanol–water partition coefficient (Wildman–Crippen LogP) is 7.09. The summed E-state index contributed by atoms with van der Waals surface area (Å²) in [7, 11) is -3.72. The smallest absolute Gasteiger partial charge is 0.245 e. The zero-order valence-electron chi connectivity index (χ0n) is 25.6. The maximum absolute atomic E-state index is 13.2. The molecule has 3 aromatic rings. The van der Waals surface area contributed by atoms with Crippen molar-refractivity contribution in [3.05, 3.63) is 95.1 Å². The third-order valence-electron chi connectivity index (χ3n) is 9.92. The highest BCUT2D eigenvalue weighted by Gasteiger charge is 2.51. The lowest BCUT2D eigenvalue weighted by Crippen LogP contribution is -2.48. The van der Waals surface area contributed by atoms with Crippen LogP contribution in [-0.4, -0.2) is 32.9 Å². The Labute approximate surface area is 255 Å². The Morgan fingerprint density at radius 2 is 1.42 bits per heavy atom. The Morgan fingerprint density at radius 3 is 1.95 bits per heavy atom. The van der Waals surface area contributed by atoms with Crippen molar-refractivity contribution in [3.8, 4) is 0 Å². The molecule has 0 aromatic heterocycles. The highest BCUT2D eigenvalue weighted by atomic mass is 32.2. The van der Waals surface area contributed by atoms with Gasteiger partial charge in [0.2, 0.25) is 15.9 Å². The molecular weight excluding hydrogens is 556 g/mol. The molecule has 0 spiro atoms. The van der Waals surface area contributed by atoms with E-state index in [2.05, 4.69) is 38.2 Å². The van der Waals surface area contributed by atoms with Gasteiger partial charge in [0, 0.05) is 16.8 Å². The number of ketones is 1. The molecule has 0 aliphatic heterocycles. The van der Waals surface area contributed by atoms with Crippen LogP contribution < -0.4 is 9.62 Å². The molecule has 0 saturated heterocycles. The molecule has 3 aromatic carbocycles. The van der Waals surface area contributed by atoms with Crippen LogP contribution >= 0.6 is 0 Å². The van der Waals surface area contributed by atoms with Crippen LogP contribution in [-0.2, 0) is 25.6 Å². The second kappa shape index (κ2) is 10.9. The van der Waals surface area contributed by atoms with Gasteiger partial charge in [-0.05, 0) is 103 Å². The van der Waals surface area contributed by atoms with Crippen molar-refractivity contribution in [2.45, 2.75) is 70.1 Å². The number of anilines is 2. The monoisotopic (exact) mass is 598 g/mol. The van der Waals surface area contributed by atoms with Crippen LogP contribution in [0.1, 0.15) is 86.3 Å². The quantitative estimate of drug-likeness (QED) is 0.281. The first-order valence-corrected chi connectivity index (χ1v) is 17.3. The summed E-state index contributed by atoms with van der Waals surface area (Å²) in [5.41, 5.74) is 4.59. The molecular formula is C36H42N2O4S. The van der Waals surface area contributed by atoms with Crippen LogP contribution in [0.25, 0.3) is 0 Å². The normalized spacial score (nSPS) is 24.5. The molecule has 1 N–H and O–H groups in total. The standard InChI is InChI=1S/C36H42N2O4S/c1-35(2,3)29-10-8-27(9-11-29)34(40)28-6-5-7-31(19-28)37-33(39)23-38(43(4,41)42)32-14-12-30(13-15-32)36-20-24-16-25(21-36)18-26(17-24)22-36/h5-15,19,24-26H,16-18,20-23H2,1-4H3,(H,37,39). The molecule has 4 aliphatic carbocycles. The fourth-order valence-corrected chi connectivity index (χ4v) is 9.06. The Bertz CT molecular complexity index is 1600. The van der Waals surface area contributed by atoms with Gasteiger partial charge in [0.05, 0.1) is 11.9 Å². The van der Waals surface area contributed by atoms with E-state index in [0.717, 1.165) is 33.9 Å². The predicted molar refractivity (Wildman–Crippen MR) is 172 cm³/mol. The molecule has 4 bridgehead atoms. The van der Waals surface area contributed by atoms with Crippen LogP contribution in [0.2, 0.25) is 0 Å². The number of sulfonamides is 1. The molecule has 0 heterocycles. The Kier molecular flexibility index (Phi) is 7.52. The largest absolute Gasteiger partial charge is 0.324 e. The second-order valence-electron chi connectivity index (χ2n) is 14.3. The van der Waals surface area contributed by atoms with Crippen LogP contribution in [0.4, 0.5) is 11.4 Å². The van der Waals surface area contributed by atoms with Gasteiger partial charge < -0.3 is 5.32 Å². The number of amides is 1. The van der Waals surface area contributed by atoms with Crippen molar-refractivity contribution >= 4 is 33.1 Å². The lowest BCUT2D eigenvalue weighted by molar-refractivity contribution is -0.114. The zero-order valence-corrected chi connectivity index (χ0v) is 26.4. The first-order valence-electron chi connectivity index (χ1n) is 15.4. The van der Waals surface area contributed by atoms with E-state index in [9.17, 15) is 18.0 Å². The lowest BCUT2D eigenvalue weighted by atomic mass is 9.48. The molecule has 4 fully saturated rings. The van der Waals surface area contributed by atoms with Crippen LogP contribution in [0.3, 0.4) is 0 Å². The fourth-order valence-electron chi connectivity index (χ4n) is 8.20. The number of benzene rings is 3. The van der Waals surface area contributed by atoms with Gasteiger partial charge in [-0.2, -0.15) is 0 Å². The maximum Gasteiger partial charge on any atom is 0.245 e. The minimum atomic E-state index is -3.72. The van der Waals surface area contributed by atoms with Crippen LogP contribution in [0.15, 0.2) is 72.8 Å². The minimum absolute atomic E-state index is 0.0118. The molecule has 7 heteroatoms. The third-order valence-corrected chi connectivity index (χ3v) is 11.1. The summed E-state index contributed by atoms with van der Waals surface area (Å²) < 4.78 is 26.8. The molecule has 6 nitrogen and oxygen atoms in total. The fraction of sp³-hybridized carbons (Fsp3) is 0.444. The van der Waals surface area contributed by atoms with E-state index in [0.29, 0.717) is 22.5 Å². The number of hydrogen-bond donors (Lipinski definition) is 1. The summed E-state index contributed by atoms with van der Waals surface area (Å²) in [6, 6.07) is 22.2. The summed E-state index contributed by atoms with van der Waals surface area (Å²) in [5.74, 6) is 1.85. The Hall–Kier alpha value is -3.45. The van der Waals surface area contributed by atoms with Gasteiger partial charge in [-0.25, -0.2) is 8.42 Å². The highest BCUT2D eigenvalue weighted by Crippen LogP contribution is 2.60. The summed E-state index contributed by atoms with van der Waals surface area (Å²) in [4.78, 5) is 26.3. The summed E-state index contributed by atoms with van der Waals surface area (Å²) in [6.07, 6.45) is 8.94. The maximum atomic E-state index is 13.2. The molecule has 0 unspecified atom stereocenters. The average molecular weight is 599 g/mol. The van der Waals surface area contributed by atoms with E-state index >= 15 is 0 Å². The van der Waals surface area contributed by atoms with Crippen molar-refractivity contribution in [1.29, 1.82) is 0 Å². The highest BCUT2D eigenvalue weighted by molar-refractivity contribution is 7.92. The van der Waals surface area contributed by atoms with Gasteiger partial charge in [0.15, 0.2) is 5.78 Å². The summed E-state index contributed by atoms with van der Waals surface area (Å²) >= 11 is 0. The van der Waals surface area contributed by atoms with Crippen LogP contribution in [0, 0.1) is 17.8 Å². The molecule has 43 heavy (non-hydrogen) atoms. The average Bonchev–Trinajstić information content (AvgIpc) is 2.94. The van der Waals surface area contributed by atoms with E-state index in [-0.39, 0.29) is 23.2 Å². The van der Waals surface area contributed by atoms with Crippen molar-refractivity contribution in [2.24, 2.45) is 17.8 Å². The van der Waals surface area contributed by atoms with Crippen molar-refractivity contribution in [3.63, 3.8) is 0 Å². The van der Waals surface area contributed by atoms with E-state index < -0.39 is 15.9 Å². The Balaban J connectivity index is 1.15. The minimum Gasteiger partial charge on any atom is -0.324 e. The number of nitrogens with zero attached hydrogens (tertiary/aromatic N) is 1. The van der Waals surface area contributed by atoms with Gasteiger partial charge >= 0.3 is 0 Å². The second-order valence-corrected chi connectivity index (χ2v) is 16.2. The SMILES string of the molecule is CC(C)(C)c1ccc(C(=O)c2cccc(NC(=O)CN(c3ccc(C45CC6CC(CC(C6)C4)C5)cc3)S(C)(=O)=O)c2)cc1. The molecule has 4 aliphatic rings. The number of rotatable bonds is 8. The van der Waals surface area contributed by atoms with Gasteiger partial charge in [-0.1, -0.05) is 69.3 Å². The summed E-state index contributed by atoms with van der Waals surface area (Å²) in [5, 5.41) is 2.79. The van der Waals surface area contributed by atoms with E-state index in [4.69, 9.17) is 0 Å². The molecule has 7 rings (SSSR count). The first-order chi connectivity index (χ1) is 20.3. The molecule has 4 saturated carbocycles. The topological polar surface area (TPSA) is 83.6 Å². The number of hydrogen-bond acceptors (Lipinski definition) is 4. The van der Waals surface area contributed by atoms with E-state index in [1.807, 2.05) is 36.4 Å². The van der Waals surface area contributed by atoms with Crippen molar-refractivity contribution in [1.82, 2.24) is 0 Å². The molecule has 1 amide bonds. The Morgan fingerprint density at radius 1 is 0.837 bits per heavy atom. The van der Waals surface area contributed by atoms with Gasteiger partial charge in [-0.3, -0.25) is 13.9 Å². The first kappa shape index (κ1) is 29.6. The van der Waals surface area contributed by atoms with E-state index in [1.54, 1.807) is 24.3 Å². The van der Waals surface area contributed by atoms with Gasteiger partial charge in [0.25, 0.3) is 0 Å². The molecule has 0 radical (unpaired) electrons. The molecule has 226 valence electrons. The number of nitrogens with one attached hydrogen (secondary N) is 1. The van der Waals surface area contributed by atoms with Crippen LogP contribution in [0.5, 0.6) is 0 Å². The van der Waals surface area contributed by atoms with E-state index in [1.165, 1.54) is 44.1 Å². The summed E-state index contributed by atoms with van der Waals surface area (Å²) in [6.45, 7) is 6.01. The van der Waals surface area contributed by atoms with Crippen molar-refractivity contribution in [2.75, 3.05) is 22.4 Å². The third kappa shape index (κ3) is 6.14. The lowest BCUT2D eigenvalue weighted by Gasteiger charge is -2.57. The van der Waals surface area contributed by atoms with Gasteiger partial charge in [0.1, 0.15) is 6.54 Å². The van der Waals surface area contributed by atoms with Crippen molar-refractivity contribution < 1.29 is 18.0 Å². The van der Waals surface area contributed by atoms with Gasteiger partial charge in [-0.15, -0.1) is 0 Å². The number of carbonyl (C=O) groups excluding carboxylic acids is 2. The molecule has 0 atom stereocenters. The number of carbonyl (C=O) groups is 2. The zero-order chi connectivity index (χ0) is 30.6.